The van der Waals surface area contributed by atoms with Gasteiger partial charge in [-0.3, -0.25) is 0 Å². The number of ether oxygens (including phenoxy) is 1. The monoisotopic (exact) mass is 214 g/mol. The number of hydrogen-bond donors (Lipinski definition) is 1. The fourth-order valence-corrected chi connectivity index (χ4v) is 0.854. The van der Waals surface area contributed by atoms with Gasteiger partial charge in [0.05, 0.1) is 6.54 Å². The maximum Gasteiger partial charge on any atom is 0.282 e. The number of alkyl halides is 1. The third-order valence-corrected chi connectivity index (χ3v) is 1.63. The van der Waals surface area contributed by atoms with Gasteiger partial charge in [0.15, 0.2) is 0 Å². The molecule has 3 nitrogen and oxygen atoms in total. The predicted octanol–water partition coefficient (Wildman–Crippen LogP) is 0.517. The van der Waals surface area contributed by atoms with Crippen molar-refractivity contribution in [3.8, 4) is 0 Å². The molecule has 0 spiro atoms. The van der Waals surface area contributed by atoms with Crippen LogP contribution in [0.15, 0.2) is 4.99 Å². The molecule has 2 N–H and O–H groups in total. The van der Waals surface area contributed by atoms with Crippen molar-refractivity contribution < 1.29 is 4.74 Å². The highest BCUT2D eigenvalue weighted by molar-refractivity contribution is 9.09. The normalized spacial score (nSPS) is 24.1. The molecule has 54 valence electrons. The van der Waals surface area contributed by atoms with Crippen molar-refractivity contribution in [2.45, 2.75) is 6.10 Å². The molecule has 0 radical (unpaired) electrons. The highest BCUT2D eigenvalue weighted by atomic mass is 79.9. The standard InChI is InChI=1S/C4H7BrN2O.ClH/c5-1-3-2-7-4(6)8-3;/h3H,1-2H2,(H2,6,7);1H. The highest BCUT2D eigenvalue weighted by Crippen LogP contribution is 2.03. The number of halogens is 2. The lowest BCUT2D eigenvalue weighted by Crippen LogP contribution is -2.18. The van der Waals surface area contributed by atoms with E-state index in [1.165, 1.54) is 0 Å². The zero-order chi connectivity index (χ0) is 5.98. The van der Waals surface area contributed by atoms with Crippen molar-refractivity contribution in [1.29, 1.82) is 0 Å². The van der Waals surface area contributed by atoms with E-state index < -0.39 is 0 Å². The number of nitrogens with zero attached hydrogens (tertiary/aromatic N) is 1. The first-order chi connectivity index (χ1) is 3.83. The van der Waals surface area contributed by atoms with E-state index in [1.807, 2.05) is 0 Å². The number of aliphatic imine (C=N–C) groups is 1. The van der Waals surface area contributed by atoms with Crippen LogP contribution in [0.3, 0.4) is 0 Å². The van der Waals surface area contributed by atoms with Gasteiger partial charge in [0.2, 0.25) is 0 Å². The van der Waals surface area contributed by atoms with Crippen LogP contribution in [0.2, 0.25) is 0 Å². The zero-order valence-corrected chi connectivity index (χ0v) is 7.11. The second-order valence-electron chi connectivity index (χ2n) is 1.57. The lowest BCUT2D eigenvalue weighted by atomic mass is 10.4. The van der Waals surface area contributed by atoms with Gasteiger partial charge < -0.3 is 10.5 Å². The molecule has 5 heteroatoms. The summed E-state index contributed by atoms with van der Waals surface area (Å²) in [5.41, 5.74) is 5.21. The van der Waals surface area contributed by atoms with Crippen molar-refractivity contribution in [2.24, 2.45) is 10.7 Å². The van der Waals surface area contributed by atoms with Crippen molar-refractivity contribution >= 4 is 34.4 Å². The fraction of sp³-hybridized carbons (Fsp3) is 0.750. The Morgan fingerprint density at radius 3 is 2.78 bits per heavy atom. The molecule has 1 atom stereocenters. The van der Waals surface area contributed by atoms with Crippen LogP contribution in [-0.2, 0) is 4.74 Å². The molecule has 0 amide bonds. The summed E-state index contributed by atoms with van der Waals surface area (Å²) in [5, 5.41) is 0.803. The van der Waals surface area contributed by atoms with E-state index in [2.05, 4.69) is 20.9 Å². The molecule has 0 saturated carbocycles. The SMILES string of the molecule is Cl.NC1=NCC(CBr)O1. The van der Waals surface area contributed by atoms with Crippen LogP contribution in [0.5, 0.6) is 0 Å². The summed E-state index contributed by atoms with van der Waals surface area (Å²) in [6.45, 7) is 0.692. The lowest BCUT2D eigenvalue weighted by molar-refractivity contribution is 0.248. The lowest BCUT2D eigenvalue weighted by Gasteiger charge is -2.02. The van der Waals surface area contributed by atoms with E-state index in [0.29, 0.717) is 12.6 Å². The summed E-state index contributed by atoms with van der Waals surface area (Å²) in [7, 11) is 0. The van der Waals surface area contributed by atoms with Crippen LogP contribution < -0.4 is 5.73 Å². The van der Waals surface area contributed by atoms with Gasteiger partial charge in [-0.25, -0.2) is 4.99 Å². The Morgan fingerprint density at radius 2 is 2.56 bits per heavy atom. The molecule has 1 rings (SSSR count). The number of nitrogens with two attached hydrogens (primary N) is 1. The molecule has 0 aromatic carbocycles. The smallest absolute Gasteiger partial charge is 0.282 e. The van der Waals surface area contributed by atoms with Crippen molar-refractivity contribution in [3.63, 3.8) is 0 Å². The minimum Gasteiger partial charge on any atom is -0.459 e. The molecule has 1 aliphatic heterocycles. The molecule has 1 unspecified atom stereocenters. The van der Waals surface area contributed by atoms with Crippen LogP contribution in [-0.4, -0.2) is 24.0 Å². The predicted molar refractivity (Wildman–Crippen MR) is 42.4 cm³/mol. The minimum absolute atomic E-state index is 0. The fourth-order valence-electron chi connectivity index (χ4n) is 0.517. The van der Waals surface area contributed by atoms with Crippen molar-refractivity contribution in [3.05, 3.63) is 0 Å². The maximum absolute atomic E-state index is 5.21. The molecule has 9 heavy (non-hydrogen) atoms. The van der Waals surface area contributed by atoms with Gasteiger partial charge in [-0.05, 0) is 0 Å². The molecule has 1 heterocycles. The zero-order valence-electron chi connectivity index (χ0n) is 4.71. The van der Waals surface area contributed by atoms with E-state index in [1.54, 1.807) is 0 Å². The first-order valence-electron chi connectivity index (χ1n) is 2.35. The van der Waals surface area contributed by atoms with Crippen LogP contribution >= 0.6 is 28.3 Å². The van der Waals surface area contributed by atoms with Crippen LogP contribution in [0, 0.1) is 0 Å². The van der Waals surface area contributed by atoms with E-state index in [4.69, 9.17) is 10.5 Å². The third kappa shape index (κ3) is 2.41. The Morgan fingerprint density at radius 1 is 1.89 bits per heavy atom. The molecule has 0 saturated heterocycles. The largest absolute Gasteiger partial charge is 0.459 e. The Labute approximate surface area is 68.2 Å². The van der Waals surface area contributed by atoms with Gasteiger partial charge >= 0.3 is 0 Å². The molecule has 0 fully saturated rings. The second-order valence-corrected chi connectivity index (χ2v) is 2.22. The summed E-state index contributed by atoms with van der Waals surface area (Å²) >= 11 is 3.25. The average Bonchev–Trinajstić information content (AvgIpc) is 2.14. The van der Waals surface area contributed by atoms with Gasteiger partial charge in [-0.15, -0.1) is 12.4 Å². The van der Waals surface area contributed by atoms with Gasteiger partial charge in [0.25, 0.3) is 6.02 Å². The summed E-state index contributed by atoms with van der Waals surface area (Å²) in [6, 6.07) is 0.314. The number of rotatable bonds is 1. The molecular weight excluding hydrogens is 207 g/mol. The van der Waals surface area contributed by atoms with E-state index in [9.17, 15) is 0 Å². The molecule has 0 aliphatic carbocycles. The summed E-state index contributed by atoms with van der Waals surface area (Å²) < 4.78 is 4.99. The third-order valence-electron chi connectivity index (χ3n) is 0.910. The molecule has 0 bridgehead atoms. The molecule has 0 aromatic heterocycles. The summed E-state index contributed by atoms with van der Waals surface area (Å²) in [5.74, 6) is 0. The molecular formula is C4H8BrClN2O. The van der Waals surface area contributed by atoms with Gasteiger partial charge in [-0.2, -0.15) is 0 Å². The Bertz CT molecular complexity index is 119. The van der Waals surface area contributed by atoms with Gasteiger partial charge in [0, 0.05) is 5.33 Å². The minimum atomic E-state index is 0. The Hall–Kier alpha value is 0.0400. The average molecular weight is 215 g/mol. The van der Waals surface area contributed by atoms with Crippen molar-refractivity contribution in [1.82, 2.24) is 0 Å². The van der Waals surface area contributed by atoms with E-state index in [-0.39, 0.29) is 18.5 Å². The van der Waals surface area contributed by atoms with Crippen LogP contribution in [0.1, 0.15) is 0 Å². The topological polar surface area (TPSA) is 47.6 Å². The quantitative estimate of drug-likeness (QED) is 0.648. The van der Waals surface area contributed by atoms with E-state index in [0.717, 1.165) is 5.33 Å². The number of hydrogen-bond acceptors (Lipinski definition) is 3. The van der Waals surface area contributed by atoms with Crippen LogP contribution in [0.4, 0.5) is 0 Å². The maximum atomic E-state index is 5.21. The Balaban J connectivity index is 0.000000640. The molecule has 1 aliphatic rings. The van der Waals surface area contributed by atoms with Gasteiger partial charge in [0.1, 0.15) is 6.10 Å². The van der Waals surface area contributed by atoms with Gasteiger partial charge in [-0.1, -0.05) is 15.9 Å². The highest BCUT2D eigenvalue weighted by Gasteiger charge is 2.14. The summed E-state index contributed by atoms with van der Waals surface area (Å²) in [6.07, 6.45) is 0.162. The number of amidine groups is 1. The first kappa shape index (κ1) is 9.04. The second kappa shape index (κ2) is 3.95. The van der Waals surface area contributed by atoms with E-state index >= 15 is 0 Å². The first-order valence-corrected chi connectivity index (χ1v) is 3.47. The summed E-state index contributed by atoms with van der Waals surface area (Å²) in [4.78, 5) is 3.83. The molecule has 0 aromatic rings. The van der Waals surface area contributed by atoms with Crippen LogP contribution in [0.25, 0.3) is 0 Å². The Kier molecular flexibility index (Phi) is 3.97. The van der Waals surface area contributed by atoms with Crippen molar-refractivity contribution in [2.75, 3.05) is 11.9 Å².